The van der Waals surface area contributed by atoms with Crippen molar-refractivity contribution in [1.82, 2.24) is 0 Å². The van der Waals surface area contributed by atoms with Gasteiger partial charge in [0, 0.05) is 12.2 Å². The van der Waals surface area contributed by atoms with Gasteiger partial charge in [-0.3, -0.25) is 0 Å². The van der Waals surface area contributed by atoms with E-state index >= 15 is 0 Å². The van der Waals surface area contributed by atoms with E-state index in [4.69, 9.17) is 14.9 Å². The summed E-state index contributed by atoms with van der Waals surface area (Å²) < 4.78 is 4.79. The SMILES string of the molecule is C=COC(=O)c1ccccc1C(C)(C)C.O=C(O)/C=C/C(=O)O. The van der Waals surface area contributed by atoms with Crippen molar-refractivity contribution in [3.8, 4) is 0 Å². The molecule has 6 nitrogen and oxygen atoms in total. The summed E-state index contributed by atoms with van der Waals surface area (Å²) in [7, 11) is 0. The molecule has 0 aromatic heterocycles. The lowest BCUT2D eigenvalue weighted by Gasteiger charge is -2.21. The maximum atomic E-state index is 11.6. The largest absolute Gasteiger partial charge is 0.478 e. The van der Waals surface area contributed by atoms with Crippen molar-refractivity contribution in [3.63, 3.8) is 0 Å². The maximum Gasteiger partial charge on any atom is 0.343 e. The van der Waals surface area contributed by atoms with Crippen LogP contribution in [0.4, 0.5) is 0 Å². The van der Waals surface area contributed by atoms with Crippen LogP contribution in [0.15, 0.2) is 49.3 Å². The van der Waals surface area contributed by atoms with Crippen LogP contribution in [0.25, 0.3) is 0 Å². The summed E-state index contributed by atoms with van der Waals surface area (Å²) >= 11 is 0. The Labute approximate surface area is 134 Å². The molecule has 124 valence electrons. The molecule has 0 atom stereocenters. The van der Waals surface area contributed by atoms with Gasteiger partial charge in [0.2, 0.25) is 0 Å². The Kier molecular flexibility index (Phi) is 8.04. The Morgan fingerprint density at radius 3 is 1.91 bits per heavy atom. The highest BCUT2D eigenvalue weighted by molar-refractivity contribution is 5.92. The number of carboxylic acids is 2. The fourth-order valence-corrected chi connectivity index (χ4v) is 1.60. The zero-order valence-electron chi connectivity index (χ0n) is 13.3. The van der Waals surface area contributed by atoms with Gasteiger partial charge in [-0.15, -0.1) is 0 Å². The Bertz CT molecular complexity index is 592. The molecule has 1 aromatic rings. The summed E-state index contributed by atoms with van der Waals surface area (Å²) in [6, 6.07) is 7.46. The molecule has 0 saturated heterocycles. The minimum absolute atomic E-state index is 0.0726. The van der Waals surface area contributed by atoms with Gasteiger partial charge in [0.15, 0.2) is 0 Å². The van der Waals surface area contributed by atoms with Gasteiger partial charge in [0.25, 0.3) is 0 Å². The van der Waals surface area contributed by atoms with Gasteiger partial charge in [0.05, 0.1) is 11.8 Å². The van der Waals surface area contributed by atoms with E-state index in [1.165, 1.54) is 0 Å². The molecule has 0 amide bonds. The van der Waals surface area contributed by atoms with Gasteiger partial charge in [-0.25, -0.2) is 14.4 Å². The summed E-state index contributed by atoms with van der Waals surface area (Å²) in [4.78, 5) is 30.7. The molecule has 0 radical (unpaired) electrons. The van der Waals surface area contributed by atoms with E-state index in [0.29, 0.717) is 17.7 Å². The molecule has 0 spiro atoms. The van der Waals surface area contributed by atoms with Crippen molar-refractivity contribution in [3.05, 3.63) is 60.4 Å². The highest BCUT2D eigenvalue weighted by Crippen LogP contribution is 2.26. The van der Waals surface area contributed by atoms with E-state index < -0.39 is 11.9 Å². The summed E-state index contributed by atoms with van der Waals surface area (Å²) in [6.45, 7) is 9.56. The van der Waals surface area contributed by atoms with Crippen LogP contribution in [0, 0.1) is 0 Å². The van der Waals surface area contributed by atoms with E-state index in [1.807, 2.05) is 18.2 Å². The van der Waals surface area contributed by atoms with E-state index in [1.54, 1.807) is 6.07 Å². The number of carboxylic acid groups (broad SMARTS) is 2. The smallest absolute Gasteiger partial charge is 0.343 e. The number of ether oxygens (including phenoxy) is 1. The van der Waals surface area contributed by atoms with E-state index in [0.717, 1.165) is 11.8 Å². The molecule has 0 aliphatic carbocycles. The molecule has 0 heterocycles. The minimum atomic E-state index is -1.26. The van der Waals surface area contributed by atoms with Crippen LogP contribution in [0.1, 0.15) is 36.7 Å². The number of hydrogen-bond acceptors (Lipinski definition) is 4. The maximum absolute atomic E-state index is 11.6. The van der Waals surface area contributed by atoms with Crippen molar-refractivity contribution >= 4 is 17.9 Å². The van der Waals surface area contributed by atoms with Crippen molar-refractivity contribution in [2.45, 2.75) is 26.2 Å². The number of aliphatic carboxylic acids is 2. The Hall–Kier alpha value is -2.89. The number of carbonyl (C=O) groups excluding carboxylic acids is 1. The van der Waals surface area contributed by atoms with Crippen molar-refractivity contribution in [2.24, 2.45) is 0 Å². The van der Waals surface area contributed by atoms with Gasteiger partial charge >= 0.3 is 17.9 Å². The third-order valence-electron chi connectivity index (χ3n) is 2.51. The number of esters is 1. The lowest BCUT2D eigenvalue weighted by Crippen LogP contribution is -2.17. The van der Waals surface area contributed by atoms with E-state index in [2.05, 4.69) is 27.4 Å². The molecule has 1 aromatic carbocycles. The molecule has 0 aliphatic rings. The van der Waals surface area contributed by atoms with Gasteiger partial charge in [-0.1, -0.05) is 45.5 Å². The van der Waals surface area contributed by atoms with Gasteiger partial charge in [-0.2, -0.15) is 0 Å². The summed E-state index contributed by atoms with van der Waals surface area (Å²) in [5.74, 6) is -2.87. The molecule has 6 heteroatoms. The molecule has 0 bridgehead atoms. The molecule has 2 N–H and O–H groups in total. The first-order valence-electron chi connectivity index (χ1n) is 6.65. The Balaban J connectivity index is 0.000000515. The third-order valence-corrected chi connectivity index (χ3v) is 2.51. The normalized spacial score (nSPS) is 10.4. The number of rotatable bonds is 4. The minimum Gasteiger partial charge on any atom is -0.478 e. The molecule has 0 unspecified atom stereocenters. The first-order chi connectivity index (χ1) is 10.6. The fourth-order valence-electron chi connectivity index (χ4n) is 1.60. The van der Waals surface area contributed by atoms with Crippen molar-refractivity contribution in [1.29, 1.82) is 0 Å². The predicted octanol–water partition coefficient (Wildman–Crippen LogP) is 3.00. The van der Waals surface area contributed by atoms with Crippen LogP contribution in [0.2, 0.25) is 0 Å². The first-order valence-corrected chi connectivity index (χ1v) is 6.65. The van der Waals surface area contributed by atoms with Gasteiger partial charge < -0.3 is 14.9 Å². The van der Waals surface area contributed by atoms with Gasteiger partial charge in [-0.05, 0) is 17.0 Å². The standard InChI is InChI=1S/C13H16O2.C4H4O4/c1-5-15-12(14)10-8-6-7-9-11(10)13(2,3)4;5-3(6)1-2-4(7)8/h5-9H,1H2,2-4H3;1-2H,(H,5,6)(H,7,8)/b;2-1+. The molecule has 0 fully saturated rings. The van der Waals surface area contributed by atoms with Crippen molar-refractivity contribution < 1.29 is 29.3 Å². The van der Waals surface area contributed by atoms with Crippen LogP contribution in [0.5, 0.6) is 0 Å². The average Bonchev–Trinajstić information content (AvgIpc) is 2.45. The highest BCUT2D eigenvalue weighted by Gasteiger charge is 2.21. The number of hydrogen-bond donors (Lipinski definition) is 2. The third kappa shape index (κ3) is 8.21. The second-order valence-corrected chi connectivity index (χ2v) is 5.38. The highest BCUT2D eigenvalue weighted by atomic mass is 16.5. The lowest BCUT2D eigenvalue weighted by atomic mass is 9.84. The van der Waals surface area contributed by atoms with Crippen LogP contribution in [0.3, 0.4) is 0 Å². The molecule has 23 heavy (non-hydrogen) atoms. The number of carbonyl (C=O) groups is 3. The monoisotopic (exact) mass is 320 g/mol. The lowest BCUT2D eigenvalue weighted by molar-refractivity contribution is -0.134. The molecule has 1 rings (SSSR count). The second kappa shape index (κ2) is 9.19. The number of benzene rings is 1. The van der Waals surface area contributed by atoms with Gasteiger partial charge in [0.1, 0.15) is 0 Å². The zero-order chi connectivity index (χ0) is 18.0. The molecule has 0 aliphatic heterocycles. The summed E-state index contributed by atoms with van der Waals surface area (Å²) in [6.07, 6.45) is 2.27. The quantitative estimate of drug-likeness (QED) is 0.502. The van der Waals surface area contributed by atoms with Crippen molar-refractivity contribution in [2.75, 3.05) is 0 Å². The van der Waals surface area contributed by atoms with Crippen LogP contribution in [-0.2, 0) is 19.7 Å². The zero-order valence-corrected chi connectivity index (χ0v) is 13.3. The molecular weight excluding hydrogens is 300 g/mol. The second-order valence-electron chi connectivity index (χ2n) is 5.38. The Morgan fingerprint density at radius 1 is 1.04 bits per heavy atom. The molecular formula is C17H20O6. The van der Waals surface area contributed by atoms with Crippen LogP contribution >= 0.6 is 0 Å². The van der Waals surface area contributed by atoms with Crippen LogP contribution < -0.4 is 0 Å². The van der Waals surface area contributed by atoms with E-state index in [9.17, 15) is 14.4 Å². The van der Waals surface area contributed by atoms with E-state index in [-0.39, 0.29) is 11.4 Å². The summed E-state index contributed by atoms with van der Waals surface area (Å²) in [5.41, 5.74) is 1.51. The molecule has 0 saturated carbocycles. The van der Waals surface area contributed by atoms with Crippen LogP contribution in [-0.4, -0.2) is 28.1 Å². The topological polar surface area (TPSA) is 101 Å². The summed E-state index contributed by atoms with van der Waals surface area (Å²) in [5, 5.41) is 15.6. The predicted molar refractivity (Wildman–Crippen MR) is 85.2 cm³/mol. The first kappa shape index (κ1) is 20.1. The average molecular weight is 320 g/mol. The fraction of sp³-hybridized carbons (Fsp3) is 0.235. The Morgan fingerprint density at radius 2 is 1.52 bits per heavy atom.